The second kappa shape index (κ2) is 5.04. The summed E-state index contributed by atoms with van der Waals surface area (Å²) in [5, 5.41) is 14.2. The van der Waals surface area contributed by atoms with Gasteiger partial charge in [-0.3, -0.25) is 10.1 Å². The summed E-state index contributed by atoms with van der Waals surface area (Å²) in [4.78, 5) is 10.5. The van der Waals surface area contributed by atoms with Crippen molar-refractivity contribution in [2.45, 2.75) is 24.3 Å². The predicted octanol–water partition coefficient (Wildman–Crippen LogP) is 0.886. The molecule has 0 spiro atoms. The number of hydrogen-bond acceptors (Lipinski definition) is 5. The van der Waals surface area contributed by atoms with E-state index in [0.717, 1.165) is 13.0 Å². The lowest BCUT2D eigenvalue weighted by Gasteiger charge is -2.22. The quantitative estimate of drug-likeness (QED) is 0.661. The van der Waals surface area contributed by atoms with Crippen molar-refractivity contribution >= 4 is 15.7 Å². The molecule has 21 heavy (non-hydrogen) atoms. The van der Waals surface area contributed by atoms with Crippen molar-refractivity contribution in [1.29, 1.82) is 0 Å². The summed E-state index contributed by atoms with van der Waals surface area (Å²) in [5.74, 6) is 0.347. The Morgan fingerprint density at radius 3 is 2.86 bits per heavy atom. The Bertz CT molecular complexity index is 689. The molecular weight excluding hydrogens is 294 g/mol. The van der Waals surface area contributed by atoms with E-state index in [2.05, 4.69) is 5.32 Å². The molecule has 0 amide bonds. The van der Waals surface area contributed by atoms with Gasteiger partial charge in [-0.05, 0) is 31.9 Å². The third kappa shape index (κ3) is 2.33. The van der Waals surface area contributed by atoms with Crippen molar-refractivity contribution < 1.29 is 13.3 Å². The highest BCUT2D eigenvalue weighted by atomic mass is 32.2. The Balaban J connectivity index is 1.99. The molecule has 0 aliphatic carbocycles. The van der Waals surface area contributed by atoms with Crippen LogP contribution in [0.25, 0.3) is 0 Å². The Labute approximate surface area is 123 Å². The molecular formula is C13H17N3O4S. The number of fused-ring (bicyclic) bond motifs is 1. The standard InChI is InChI=1S/C13H17N3O4S/c1-9-2-3-11(6-12(9)16(17)18)21(19,20)15-5-4-10-7-14-8-13(10)15/h2-3,6,10,13-14H,4-5,7-8H2,1H3/t10-,13+/m0/s1. The largest absolute Gasteiger partial charge is 0.315 e. The molecule has 1 aromatic carbocycles. The van der Waals surface area contributed by atoms with Crippen molar-refractivity contribution in [3.63, 3.8) is 0 Å². The molecule has 0 aromatic heterocycles. The van der Waals surface area contributed by atoms with E-state index >= 15 is 0 Å². The van der Waals surface area contributed by atoms with Crippen molar-refractivity contribution in [3.8, 4) is 0 Å². The Kier molecular flexibility index (Phi) is 3.46. The summed E-state index contributed by atoms with van der Waals surface area (Å²) < 4.78 is 27.0. The van der Waals surface area contributed by atoms with Crippen LogP contribution < -0.4 is 5.32 Å². The molecule has 1 N–H and O–H groups in total. The lowest BCUT2D eigenvalue weighted by Crippen LogP contribution is -2.39. The van der Waals surface area contributed by atoms with Gasteiger partial charge in [0, 0.05) is 30.8 Å². The molecule has 1 aromatic rings. The molecule has 2 fully saturated rings. The number of sulfonamides is 1. The van der Waals surface area contributed by atoms with E-state index in [0.29, 0.717) is 24.6 Å². The van der Waals surface area contributed by atoms with Crippen molar-refractivity contribution in [1.82, 2.24) is 9.62 Å². The average molecular weight is 311 g/mol. The van der Waals surface area contributed by atoms with Gasteiger partial charge in [0.15, 0.2) is 0 Å². The topological polar surface area (TPSA) is 92.6 Å². The molecule has 114 valence electrons. The molecule has 2 aliphatic rings. The van der Waals surface area contributed by atoms with Gasteiger partial charge in [-0.2, -0.15) is 4.31 Å². The van der Waals surface area contributed by atoms with Gasteiger partial charge in [0.05, 0.1) is 9.82 Å². The van der Waals surface area contributed by atoms with E-state index in [4.69, 9.17) is 0 Å². The summed E-state index contributed by atoms with van der Waals surface area (Å²) in [6.45, 7) is 3.57. The zero-order chi connectivity index (χ0) is 15.2. The fraction of sp³-hybridized carbons (Fsp3) is 0.538. The second-order valence-corrected chi connectivity index (χ2v) is 7.49. The number of rotatable bonds is 3. The first kappa shape index (κ1) is 14.4. The highest BCUT2D eigenvalue weighted by molar-refractivity contribution is 7.89. The number of nitro benzene ring substituents is 1. The van der Waals surface area contributed by atoms with Crippen LogP contribution in [0.3, 0.4) is 0 Å². The zero-order valence-corrected chi connectivity index (χ0v) is 12.5. The molecule has 0 unspecified atom stereocenters. The summed E-state index contributed by atoms with van der Waals surface area (Å²) in [6, 6.07) is 4.08. The first-order valence-corrected chi connectivity index (χ1v) is 8.33. The minimum atomic E-state index is -3.68. The van der Waals surface area contributed by atoms with Gasteiger partial charge in [-0.1, -0.05) is 6.07 Å². The first-order valence-electron chi connectivity index (χ1n) is 6.89. The average Bonchev–Trinajstić information content (AvgIpc) is 3.00. The highest BCUT2D eigenvalue weighted by Gasteiger charge is 2.44. The van der Waals surface area contributed by atoms with E-state index in [1.54, 1.807) is 6.92 Å². The number of aryl methyl sites for hydroxylation is 1. The summed E-state index contributed by atoms with van der Waals surface area (Å²) in [6.07, 6.45) is 0.838. The van der Waals surface area contributed by atoms with Crippen LogP contribution in [0, 0.1) is 23.0 Å². The summed E-state index contributed by atoms with van der Waals surface area (Å²) >= 11 is 0. The number of nitro groups is 1. The molecule has 2 atom stereocenters. The number of hydrogen-bond donors (Lipinski definition) is 1. The Hall–Kier alpha value is -1.51. The molecule has 0 radical (unpaired) electrons. The van der Waals surface area contributed by atoms with Gasteiger partial charge in [-0.25, -0.2) is 8.42 Å². The van der Waals surface area contributed by atoms with Crippen LogP contribution >= 0.6 is 0 Å². The lowest BCUT2D eigenvalue weighted by atomic mass is 10.1. The smallest absolute Gasteiger partial charge is 0.273 e. The van der Waals surface area contributed by atoms with Crippen LogP contribution in [0.2, 0.25) is 0 Å². The summed E-state index contributed by atoms with van der Waals surface area (Å²) in [5.41, 5.74) is 0.303. The third-order valence-corrected chi connectivity index (χ3v) is 6.30. The molecule has 3 rings (SSSR count). The van der Waals surface area contributed by atoms with Crippen LogP contribution in [-0.2, 0) is 10.0 Å². The van der Waals surface area contributed by atoms with Crippen LogP contribution in [0.5, 0.6) is 0 Å². The number of benzene rings is 1. The maximum atomic E-state index is 12.7. The lowest BCUT2D eigenvalue weighted by molar-refractivity contribution is -0.385. The molecule has 0 bridgehead atoms. The van der Waals surface area contributed by atoms with Crippen LogP contribution in [0.15, 0.2) is 23.1 Å². The van der Waals surface area contributed by atoms with Gasteiger partial charge in [0.25, 0.3) is 5.69 Å². The first-order chi connectivity index (χ1) is 9.91. The van der Waals surface area contributed by atoms with Gasteiger partial charge < -0.3 is 5.32 Å². The summed E-state index contributed by atoms with van der Waals surface area (Å²) in [7, 11) is -3.68. The molecule has 2 heterocycles. The molecule has 7 nitrogen and oxygen atoms in total. The van der Waals surface area contributed by atoms with Crippen LogP contribution in [0.4, 0.5) is 5.69 Å². The molecule has 2 aliphatic heterocycles. The molecule has 0 saturated carbocycles. The van der Waals surface area contributed by atoms with Crippen molar-refractivity contribution in [2.75, 3.05) is 19.6 Å². The van der Waals surface area contributed by atoms with Crippen molar-refractivity contribution in [2.24, 2.45) is 5.92 Å². The van der Waals surface area contributed by atoms with Crippen molar-refractivity contribution in [3.05, 3.63) is 33.9 Å². The van der Waals surface area contributed by atoms with Gasteiger partial charge in [-0.15, -0.1) is 0 Å². The SMILES string of the molecule is Cc1ccc(S(=O)(=O)N2CC[C@H]3CNC[C@H]32)cc1[N+](=O)[O-]. The monoisotopic (exact) mass is 311 g/mol. The maximum Gasteiger partial charge on any atom is 0.273 e. The Morgan fingerprint density at radius 1 is 1.38 bits per heavy atom. The fourth-order valence-corrected chi connectivity index (χ4v) is 4.91. The molecule has 8 heteroatoms. The fourth-order valence-electron chi connectivity index (χ4n) is 3.19. The van der Waals surface area contributed by atoms with E-state index < -0.39 is 14.9 Å². The van der Waals surface area contributed by atoms with E-state index in [1.807, 2.05) is 0 Å². The normalized spacial score (nSPS) is 26.0. The molecule has 2 saturated heterocycles. The maximum absolute atomic E-state index is 12.7. The van der Waals surface area contributed by atoms with Gasteiger partial charge in [0.1, 0.15) is 0 Å². The van der Waals surface area contributed by atoms with Gasteiger partial charge >= 0.3 is 0 Å². The third-order valence-electron chi connectivity index (χ3n) is 4.38. The highest BCUT2D eigenvalue weighted by Crippen LogP contribution is 2.33. The minimum Gasteiger partial charge on any atom is -0.315 e. The number of nitrogens with zero attached hydrogens (tertiary/aromatic N) is 2. The van der Waals surface area contributed by atoms with E-state index in [1.165, 1.54) is 22.5 Å². The van der Waals surface area contributed by atoms with E-state index in [9.17, 15) is 18.5 Å². The Morgan fingerprint density at radius 2 is 2.14 bits per heavy atom. The van der Waals surface area contributed by atoms with E-state index in [-0.39, 0.29) is 16.6 Å². The second-order valence-electron chi connectivity index (χ2n) is 5.60. The number of nitrogens with one attached hydrogen (secondary N) is 1. The van der Waals surface area contributed by atoms with Crippen LogP contribution in [-0.4, -0.2) is 43.3 Å². The predicted molar refractivity (Wildman–Crippen MR) is 76.5 cm³/mol. The zero-order valence-electron chi connectivity index (χ0n) is 11.7. The van der Waals surface area contributed by atoms with Gasteiger partial charge in [0.2, 0.25) is 10.0 Å². The van der Waals surface area contributed by atoms with Crippen LogP contribution in [0.1, 0.15) is 12.0 Å². The minimum absolute atomic E-state index is 0.00681.